The molecule has 0 aromatic rings. The number of nitrogens with zero attached hydrogens (tertiary/aromatic N) is 1. The monoisotopic (exact) mass is 215 g/mol. The number of amides is 1. The lowest BCUT2D eigenvalue weighted by Crippen LogP contribution is -2.57. The smallest absolute Gasteiger partial charge is 0.330 e. The van der Waals surface area contributed by atoms with Gasteiger partial charge in [-0.2, -0.15) is 0 Å². The summed E-state index contributed by atoms with van der Waals surface area (Å²) in [5.74, 6) is -0.249. The summed E-state index contributed by atoms with van der Waals surface area (Å²) in [6.07, 6.45) is 0.557. The van der Waals surface area contributed by atoms with E-state index in [-0.39, 0.29) is 22.0 Å². The van der Waals surface area contributed by atoms with Gasteiger partial charge < -0.3 is 9.64 Å². The van der Waals surface area contributed by atoms with Crippen LogP contribution in [0.3, 0.4) is 0 Å². The summed E-state index contributed by atoms with van der Waals surface area (Å²) in [5, 5.41) is 0.182. The highest BCUT2D eigenvalue weighted by Crippen LogP contribution is 2.50. The van der Waals surface area contributed by atoms with Crippen molar-refractivity contribution in [1.82, 2.24) is 4.90 Å². The molecule has 0 spiro atoms. The Balaban J connectivity index is 2.26. The Labute approximate surface area is 87.0 Å². The van der Waals surface area contributed by atoms with Gasteiger partial charge in [0.15, 0.2) is 0 Å². The van der Waals surface area contributed by atoms with Gasteiger partial charge in [0.2, 0.25) is 5.91 Å². The normalized spacial score (nSPS) is 33.6. The molecule has 1 amide bonds. The van der Waals surface area contributed by atoms with E-state index in [0.717, 1.165) is 0 Å². The number of carbonyl (C=O) groups is 2. The van der Waals surface area contributed by atoms with Gasteiger partial charge in [-0.1, -0.05) is 0 Å². The van der Waals surface area contributed by atoms with Crippen LogP contribution < -0.4 is 0 Å². The summed E-state index contributed by atoms with van der Waals surface area (Å²) < 4.78 is 4.49. The molecule has 0 unspecified atom stereocenters. The van der Waals surface area contributed by atoms with Crippen LogP contribution in [0.15, 0.2) is 0 Å². The zero-order valence-corrected chi connectivity index (χ0v) is 9.26. The molecular formula is C9H13NO3S. The molecule has 5 heteroatoms. The van der Waals surface area contributed by atoms with Gasteiger partial charge in [0.05, 0.1) is 18.9 Å². The lowest BCUT2D eigenvalue weighted by atomic mass is 9.98. The topological polar surface area (TPSA) is 46.6 Å². The van der Waals surface area contributed by atoms with Crippen molar-refractivity contribution in [1.29, 1.82) is 0 Å². The van der Waals surface area contributed by atoms with Gasteiger partial charge in [-0.15, -0.1) is 11.8 Å². The van der Waals surface area contributed by atoms with Crippen molar-refractivity contribution >= 4 is 23.6 Å². The average molecular weight is 215 g/mol. The van der Waals surface area contributed by atoms with Crippen LogP contribution in [0.2, 0.25) is 0 Å². The Kier molecular flexibility index (Phi) is 2.03. The molecule has 2 atom stereocenters. The molecule has 0 aliphatic carbocycles. The third-order valence-electron chi connectivity index (χ3n) is 2.75. The molecule has 0 bridgehead atoms. The Morgan fingerprint density at radius 3 is 2.79 bits per heavy atom. The highest BCUT2D eigenvalue weighted by Gasteiger charge is 2.58. The Bertz CT molecular complexity index is 302. The first-order chi connectivity index (χ1) is 6.47. The van der Waals surface area contributed by atoms with E-state index in [1.54, 1.807) is 16.7 Å². The highest BCUT2D eigenvalue weighted by atomic mass is 32.2. The number of fused-ring (bicyclic) bond motifs is 1. The van der Waals surface area contributed by atoms with Gasteiger partial charge in [0, 0.05) is 4.75 Å². The molecule has 0 radical (unpaired) electrons. The number of esters is 1. The van der Waals surface area contributed by atoms with Crippen LogP contribution in [0.5, 0.6) is 0 Å². The first-order valence-corrected chi connectivity index (χ1v) is 5.42. The quantitative estimate of drug-likeness (QED) is 0.475. The van der Waals surface area contributed by atoms with Crippen molar-refractivity contribution in [2.24, 2.45) is 0 Å². The predicted octanol–water partition coefficient (Wildman–Crippen LogP) is 0.612. The number of hydrogen-bond acceptors (Lipinski definition) is 4. The van der Waals surface area contributed by atoms with E-state index in [4.69, 9.17) is 4.74 Å². The first kappa shape index (κ1) is 9.83. The maximum atomic E-state index is 11.5. The van der Waals surface area contributed by atoms with E-state index in [1.165, 1.54) is 7.11 Å². The second kappa shape index (κ2) is 2.89. The van der Waals surface area contributed by atoms with E-state index in [2.05, 4.69) is 0 Å². The zero-order valence-electron chi connectivity index (χ0n) is 8.44. The maximum absolute atomic E-state index is 11.5. The summed E-state index contributed by atoms with van der Waals surface area (Å²) in [5.41, 5.74) is 0. The van der Waals surface area contributed by atoms with Crippen LogP contribution >= 0.6 is 11.8 Å². The third-order valence-corrected chi connectivity index (χ3v) is 4.25. The molecule has 0 N–H and O–H groups in total. The van der Waals surface area contributed by atoms with E-state index in [9.17, 15) is 9.59 Å². The molecule has 2 heterocycles. The van der Waals surface area contributed by atoms with Crippen molar-refractivity contribution in [3.63, 3.8) is 0 Å². The summed E-state index contributed by atoms with van der Waals surface area (Å²) in [6, 6.07) is -0.413. The molecule has 4 nitrogen and oxygen atoms in total. The molecule has 0 saturated carbocycles. The molecule has 2 fully saturated rings. The standard InChI is InChI=1S/C9H13NO3S/c1-9(2)7(8(12)13-3)10-5(11)4-6(10)14-9/h6-7H,4H2,1-3H3/t6-,7-/m0/s1. The van der Waals surface area contributed by atoms with Gasteiger partial charge in [0.25, 0.3) is 0 Å². The Hall–Kier alpha value is -0.710. The van der Waals surface area contributed by atoms with Crippen molar-refractivity contribution < 1.29 is 14.3 Å². The first-order valence-electron chi connectivity index (χ1n) is 4.54. The second-order valence-corrected chi connectivity index (χ2v) is 5.94. The molecule has 2 rings (SSSR count). The number of β-lactam (4-membered cyclic amide) rings is 1. The maximum Gasteiger partial charge on any atom is 0.330 e. The number of hydrogen-bond donors (Lipinski definition) is 0. The van der Waals surface area contributed by atoms with Crippen LogP contribution in [0.1, 0.15) is 20.3 Å². The minimum atomic E-state index is -0.413. The van der Waals surface area contributed by atoms with Crippen molar-refractivity contribution in [3.05, 3.63) is 0 Å². The summed E-state index contributed by atoms with van der Waals surface area (Å²) in [4.78, 5) is 24.5. The predicted molar refractivity (Wildman–Crippen MR) is 52.7 cm³/mol. The van der Waals surface area contributed by atoms with Crippen LogP contribution in [0, 0.1) is 0 Å². The molecule has 2 aliphatic heterocycles. The molecule has 14 heavy (non-hydrogen) atoms. The summed E-state index contributed by atoms with van der Waals surface area (Å²) in [6.45, 7) is 3.95. The van der Waals surface area contributed by atoms with E-state index in [1.807, 2.05) is 13.8 Å². The van der Waals surface area contributed by atoms with E-state index in [0.29, 0.717) is 6.42 Å². The van der Waals surface area contributed by atoms with Crippen molar-refractivity contribution in [2.75, 3.05) is 7.11 Å². The van der Waals surface area contributed by atoms with Crippen LogP contribution in [0.4, 0.5) is 0 Å². The number of carbonyl (C=O) groups excluding carboxylic acids is 2. The Morgan fingerprint density at radius 1 is 1.64 bits per heavy atom. The fourth-order valence-corrected chi connectivity index (χ4v) is 3.69. The summed E-state index contributed by atoms with van der Waals surface area (Å²) in [7, 11) is 1.36. The number of ether oxygens (including phenoxy) is 1. The van der Waals surface area contributed by atoms with Crippen LogP contribution in [-0.2, 0) is 14.3 Å². The molecular weight excluding hydrogens is 202 g/mol. The van der Waals surface area contributed by atoms with Gasteiger partial charge >= 0.3 is 5.97 Å². The minimum absolute atomic E-state index is 0.0588. The summed E-state index contributed by atoms with van der Waals surface area (Å²) >= 11 is 1.68. The van der Waals surface area contributed by atoms with Gasteiger partial charge in [-0.25, -0.2) is 4.79 Å². The second-order valence-electron chi connectivity index (χ2n) is 4.11. The molecule has 0 aromatic carbocycles. The largest absolute Gasteiger partial charge is 0.467 e. The zero-order chi connectivity index (χ0) is 10.5. The lowest BCUT2D eigenvalue weighted by Gasteiger charge is -2.37. The fourth-order valence-electron chi connectivity index (χ4n) is 2.07. The number of methoxy groups -OCH3 is 1. The van der Waals surface area contributed by atoms with Crippen molar-refractivity contribution in [2.45, 2.75) is 36.4 Å². The number of rotatable bonds is 1. The van der Waals surface area contributed by atoms with Gasteiger partial charge in [0.1, 0.15) is 6.04 Å². The Morgan fingerprint density at radius 2 is 2.29 bits per heavy atom. The van der Waals surface area contributed by atoms with E-state index < -0.39 is 6.04 Å². The van der Waals surface area contributed by atoms with Crippen LogP contribution in [0.25, 0.3) is 0 Å². The van der Waals surface area contributed by atoms with Crippen molar-refractivity contribution in [3.8, 4) is 0 Å². The van der Waals surface area contributed by atoms with E-state index >= 15 is 0 Å². The minimum Gasteiger partial charge on any atom is -0.467 e. The molecule has 2 aliphatic rings. The van der Waals surface area contributed by atoms with Gasteiger partial charge in [-0.05, 0) is 13.8 Å². The highest BCUT2D eigenvalue weighted by molar-refractivity contribution is 8.01. The fraction of sp³-hybridized carbons (Fsp3) is 0.778. The molecule has 78 valence electrons. The lowest BCUT2D eigenvalue weighted by molar-refractivity contribution is -0.159. The van der Waals surface area contributed by atoms with Gasteiger partial charge in [-0.3, -0.25) is 4.79 Å². The molecule has 2 saturated heterocycles. The SMILES string of the molecule is COC(=O)[C@@H]1N2C(=O)C[C@@H]2SC1(C)C. The van der Waals surface area contributed by atoms with Crippen LogP contribution in [-0.4, -0.2) is 40.0 Å². The molecule has 0 aromatic heterocycles. The third kappa shape index (κ3) is 1.15. The number of thioether (sulfide) groups is 1. The average Bonchev–Trinajstić information content (AvgIpc) is 2.32.